The maximum absolute atomic E-state index is 6.00. The fourth-order valence-electron chi connectivity index (χ4n) is 2.79. The summed E-state index contributed by atoms with van der Waals surface area (Å²) in [5, 5.41) is 3.43. The summed E-state index contributed by atoms with van der Waals surface area (Å²) in [5.74, 6) is 1.26. The smallest absolute Gasteiger partial charge is 0.316 e. The van der Waals surface area contributed by atoms with Gasteiger partial charge >= 0.3 is 6.01 Å². The summed E-state index contributed by atoms with van der Waals surface area (Å²) >= 11 is 0. The largest absolute Gasteiger partial charge is 0.460 e. The first kappa shape index (κ1) is 16.2. The Morgan fingerprint density at radius 1 is 1.33 bits per heavy atom. The molecule has 1 aliphatic carbocycles. The van der Waals surface area contributed by atoms with Crippen molar-refractivity contribution in [3.8, 4) is 6.01 Å². The van der Waals surface area contributed by atoms with Crippen LogP contribution in [0.3, 0.4) is 0 Å². The topological polar surface area (TPSA) is 47.0 Å². The van der Waals surface area contributed by atoms with Gasteiger partial charge in [0.25, 0.3) is 0 Å². The van der Waals surface area contributed by atoms with Crippen LogP contribution in [0.2, 0.25) is 0 Å². The molecule has 4 heteroatoms. The lowest BCUT2D eigenvalue weighted by atomic mass is 9.88. The third-order valence-electron chi connectivity index (χ3n) is 4.22. The summed E-state index contributed by atoms with van der Waals surface area (Å²) in [5.41, 5.74) is 2.17. The van der Waals surface area contributed by atoms with E-state index in [1.807, 2.05) is 13.1 Å². The number of rotatable bonds is 6. The second-order valence-corrected chi connectivity index (χ2v) is 6.71. The van der Waals surface area contributed by atoms with Gasteiger partial charge in [0.1, 0.15) is 6.10 Å². The highest BCUT2D eigenvalue weighted by Gasteiger charge is 2.23. The lowest BCUT2D eigenvalue weighted by Gasteiger charge is -2.28. The molecule has 1 aromatic rings. The van der Waals surface area contributed by atoms with E-state index in [4.69, 9.17) is 4.74 Å². The van der Waals surface area contributed by atoms with Crippen LogP contribution in [-0.2, 0) is 6.54 Å². The highest BCUT2D eigenvalue weighted by Crippen LogP contribution is 2.26. The molecule has 118 valence electrons. The molecule has 1 saturated carbocycles. The Hall–Kier alpha value is -1.16. The minimum atomic E-state index is 0.281. The summed E-state index contributed by atoms with van der Waals surface area (Å²) in [4.78, 5) is 8.92. The van der Waals surface area contributed by atoms with Gasteiger partial charge in [-0.15, -0.1) is 0 Å². The molecule has 0 spiro atoms. The molecule has 1 aromatic heterocycles. The summed E-state index contributed by atoms with van der Waals surface area (Å²) in [6, 6.07) is 0.541. The number of ether oxygens (including phenoxy) is 1. The van der Waals surface area contributed by atoms with E-state index in [1.54, 1.807) is 0 Å². The van der Waals surface area contributed by atoms with Gasteiger partial charge in [-0.1, -0.05) is 27.2 Å². The van der Waals surface area contributed by atoms with Crippen LogP contribution >= 0.6 is 0 Å². The maximum Gasteiger partial charge on any atom is 0.316 e. The van der Waals surface area contributed by atoms with Gasteiger partial charge in [0.05, 0.1) is 0 Å². The molecular weight excluding hydrogens is 262 g/mol. The van der Waals surface area contributed by atoms with Crippen LogP contribution in [0.15, 0.2) is 6.20 Å². The third kappa shape index (κ3) is 4.95. The first-order chi connectivity index (χ1) is 10.1. The van der Waals surface area contributed by atoms with Crippen LogP contribution in [0.5, 0.6) is 6.01 Å². The molecule has 1 heterocycles. The average molecular weight is 291 g/mol. The number of aromatic nitrogens is 2. The highest BCUT2D eigenvalue weighted by atomic mass is 16.5. The number of aryl methyl sites for hydroxylation is 1. The first-order valence-electron chi connectivity index (χ1n) is 8.26. The Bertz CT molecular complexity index is 448. The molecule has 21 heavy (non-hydrogen) atoms. The molecule has 2 unspecified atom stereocenters. The molecule has 4 nitrogen and oxygen atoms in total. The molecule has 0 radical (unpaired) electrons. The Kier molecular flexibility index (Phi) is 5.97. The third-order valence-corrected chi connectivity index (χ3v) is 4.22. The molecule has 0 aliphatic heterocycles. The van der Waals surface area contributed by atoms with Crippen LogP contribution in [0.1, 0.15) is 57.7 Å². The molecule has 1 N–H and O–H groups in total. The summed E-state index contributed by atoms with van der Waals surface area (Å²) in [7, 11) is 0. The molecule has 2 atom stereocenters. The standard InChI is InChI=1S/C17H29N3O/c1-12(2)9-18-10-15-11-19-17(20-14(15)4)21-16-8-6-5-7-13(16)3/h11-13,16,18H,5-10H2,1-4H3. The van der Waals surface area contributed by atoms with Crippen molar-refractivity contribution in [2.75, 3.05) is 6.54 Å². The summed E-state index contributed by atoms with van der Waals surface area (Å²) in [6.07, 6.45) is 7.13. The Labute approximate surface area is 128 Å². The van der Waals surface area contributed by atoms with E-state index >= 15 is 0 Å². The van der Waals surface area contributed by atoms with E-state index in [1.165, 1.54) is 19.3 Å². The van der Waals surface area contributed by atoms with Gasteiger partial charge < -0.3 is 10.1 Å². The maximum atomic E-state index is 6.00. The van der Waals surface area contributed by atoms with Crippen molar-refractivity contribution in [1.29, 1.82) is 0 Å². The van der Waals surface area contributed by atoms with Crippen LogP contribution < -0.4 is 10.1 Å². The molecule has 0 aromatic carbocycles. The monoisotopic (exact) mass is 291 g/mol. The highest BCUT2D eigenvalue weighted by molar-refractivity contribution is 5.17. The van der Waals surface area contributed by atoms with Gasteiger partial charge in [-0.25, -0.2) is 9.97 Å². The van der Waals surface area contributed by atoms with E-state index in [0.29, 0.717) is 17.8 Å². The first-order valence-corrected chi connectivity index (χ1v) is 8.26. The van der Waals surface area contributed by atoms with Gasteiger partial charge in [0.2, 0.25) is 0 Å². The lowest BCUT2D eigenvalue weighted by molar-refractivity contribution is 0.0920. The van der Waals surface area contributed by atoms with Gasteiger partial charge in [-0.3, -0.25) is 0 Å². The molecule has 0 amide bonds. The van der Waals surface area contributed by atoms with Crippen LogP contribution in [0.25, 0.3) is 0 Å². The minimum absolute atomic E-state index is 0.281. The van der Waals surface area contributed by atoms with Crippen LogP contribution in [0, 0.1) is 18.8 Å². The van der Waals surface area contributed by atoms with Crippen molar-refractivity contribution in [1.82, 2.24) is 15.3 Å². The van der Waals surface area contributed by atoms with Crippen LogP contribution in [0.4, 0.5) is 0 Å². The predicted molar refractivity (Wildman–Crippen MR) is 85.4 cm³/mol. The van der Waals surface area contributed by atoms with Gasteiger partial charge in [0.15, 0.2) is 0 Å². The minimum Gasteiger partial charge on any atom is -0.460 e. The molecule has 1 fully saturated rings. The van der Waals surface area contributed by atoms with Crippen molar-refractivity contribution in [3.05, 3.63) is 17.5 Å². The number of hydrogen-bond acceptors (Lipinski definition) is 4. The van der Waals surface area contributed by atoms with Crippen molar-refractivity contribution in [3.63, 3.8) is 0 Å². The normalized spacial score (nSPS) is 22.5. The molecule has 2 rings (SSSR count). The zero-order valence-electron chi connectivity index (χ0n) is 13.9. The second-order valence-electron chi connectivity index (χ2n) is 6.71. The lowest BCUT2D eigenvalue weighted by Crippen LogP contribution is -2.29. The quantitative estimate of drug-likeness (QED) is 0.871. The average Bonchev–Trinajstić information content (AvgIpc) is 2.43. The fourth-order valence-corrected chi connectivity index (χ4v) is 2.79. The molecule has 0 bridgehead atoms. The van der Waals surface area contributed by atoms with E-state index in [9.17, 15) is 0 Å². The summed E-state index contributed by atoms with van der Waals surface area (Å²) < 4.78 is 6.00. The molecule has 0 saturated heterocycles. The number of nitrogens with zero attached hydrogens (tertiary/aromatic N) is 2. The fraction of sp³-hybridized carbons (Fsp3) is 0.765. The SMILES string of the molecule is Cc1nc(OC2CCCCC2C)ncc1CNCC(C)C. The van der Waals surface area contributed by atoms with Crippen LogP contribution in [-0.4, -0.2) is 22.6 Å². The zero-order chi connectivity index (χ0) is 15.2. The van der Waals surface area contributed by atoms with Crippen molar-refractivity contribution >= 4 is 0 Å². The van der Waals surface area contributed by atoms with Gasteiger partial charge in [0, 0.05) is 24.0 Å². The predicted octanol–water partition coefficient (Wildman–Crippen LogP) is 3.49. The Morgan fingerprint density at radius 3 is 2.76 bits per heavy atom. The van der Waals surface area contributed by atoms with E-state index < -0.39 is 0 Å². The Morgan fingerprint density at radius 2 is 2.10 bits per heavy atom. The van der Waals surface area contributed by atoms with Crippen molar-refractivity contribution in [2.45, 2.75) is 66.0 Å². The Balaban J connectivity index is 1.91. The second kappa shape index (κ2) is 7.74. The number of nitrogens with one attached hydrogen (secondary N) is 1. The molecule has 1 aliphatic rings. The van der Waals surface area contributed by atoms with Crippen molar-refractivity contribution in [2.24, 2.45) is 11.8 Å². The summed E-state index contributed by atoms with van der Waals surface area (Å²) in [6.45, 7) is 10.5. The van der Waals surface area contributed by atoms with E-state index in [-0.39, 0.29) is 6.10 Å². The van der Waals surface area contributed by atoms with E-state index in [0.717, 1.165) is 30.8 Å². The zero-order valence-corrected chi connectivity index (χ0v) is 13.9. The van der Waals surface area contributed by atoms with Gasteiger partial charge in [-0.05, 0) is 44.6 Å². The van der Waals surface area contributed by atoms with Crippen molar-refractivity contribution < 1.29 is 4.74 Å². The number of hydrogen-bond donors (Lipinski definition) is 1. The van der Waals surface area contributed by atoms with E-state index in [2.05, 4.69) is 36.1 Å². The molecular formula is C17H29N3O. The van der Waals surface area contributed by atoms with Gasteiger partial charge in [-0.2, -0.15) is 0 Å².